The van der Waals surface area contributed by atoms with E-state index in [4.69, 9.17) is 14.4 Å². The molecule has 2 aromatic rings. The molecule has 0 unspecified atom stereocenters. The molecule has 0 saturated carbocycles. The summed E-state index contributed by atoms with van der Waals surface area (Å²) in [7, 11) is 0. The molecule has 1 aliphatic rings. The molecule has 1 fully saturated rings. The first-order valence-electron chi connectivity index (χ1n) is 7.79. The molecule has 0 radical (unpaired) electrons. The fourth-order valence-corrected chi connectivity index (χ4v) is 2.61. The van der Waals surface area contributed by atoms with Gasteiger partial charge < -0.3 is 24.6 Å². The number of benzene rings is 1. The van der Waals surface area contributed by atoms with Crippen LogP contribution in [0.2, 0.25) is 0 Å². The van der Waals surface area contributed by atoms with E-state index in [0.29, 0.717) is 37.6 Å². The zero-order chi connectivity index (χ0) is 17.8. The fraction of sp³-hybridized carbons (Fsp3) is 0.375. The molecule has 0 atom stereocenters. The second-order valence-electron chi connectivity index (χ2n) is 5.52. The first-order chi connectivity index (χ1) is 12.1. The molecule has 25 heavy (non-hydrogen) atoms. The Bertz CT molecular complexity index is 810. The van der Waals surface area contributed by atoms with Crippen LogP contribution < -0.4 is 15.8 Å². The van der Waals surface area contributed by atoms with Crippen LogP contribution in [-0.2, 0) is 16.2 Å². The number of nitrogens with one attached hydrogen (secondary N) is 1. The Morgan fingerprint density at radius 2 is 2.08 bits per heavy atom. The average molecular weight is 351 g/mol. The first kappa shape index (κ1) is 17.2. The average Bonchev–Trinajstić information content (AvgIpc) is 3.01. The van der Waals surface area contributed by atoms with Gasteiger partial charge in [0.05, 0.1) is 30.7 Å². The van der Waals surface area contributed by atoms with Crippen LogP contribution in [0, 0.1) is 5.82 Å². The molecule has 2 heterocycles. The maximum Gasteiger partial charge on any atom is 0.365 e. The molecular formula is C16H18FN3O5. The Kier molecular flexibility index (Phi) is 5.15. The van der Waals surface area contributed by atoms with Crippen LogP contribution in [-0.4, -0.2) is 48.7 Å². The number of carbonyl (C=O) groups excluding carboxylic acids is 1. The standard InChI is InChI=1S/C16H18FN3O5/c17-13-7-11(1-2-14(13)19-3-5-24-6-4-19)12-8-20(25-16(12)23)10-18-15(22)9-21/h1-2,7-8,21H,3-6,9-10H2,(H,18,22). The highest BCUT2D eigenvalue weighted by Gasteiger charge is 2.17. The van der Waals surface area contributed by atoms with Gasteiger partial charge in [0.15, 0.2) is 0 Å². The van der Waals surface area contributed by atoms with Gasteiger partial charge in [-0.1, -0.05) is 6.07 Å². The second kappa shape index (κ2) is 7.49. The number of amides is 1. The van der Waals surface area contributed by atoms with E-state index in [1.165, 1.54) is 12.3 Å². The van der Waals surface area contributed by atoms with Crippen LogP contribution in [0.4, 0.5) is 10.1 Å². The molecule has 1 amide bonds. The van der Waals surface area contributed by atoms with Gasteiger partial charge in [-0.3, -0.25) is 4.79 Å². The Morgan fingerprint density at radius 1 is 1.32 bits per heavy atom. The number of aromatic nitrogens is 1. The molecule has 9 heteroatoms. The number of nitrogens with zero attached hydrogens (tertiary/aromatic N) is 2. The van der Waals surface area contributed by atoms with Gasteiger partial charge in [-0.05, 0) is 17.7 Å². The third-order valence-electron chi connectivity index (χ3n) is 3.88. The Hall–Kier alpha value is -2.65. The number of halogens is 1. The van der Waals surface area contributed by atoms with Gasteiger partial charge in [0.2, 0.25) is 5.91 Å². The van der Waals surface area contributed by atoms with Gasteiger partial charge in [-0.2, -0.15) is 4.74 Å². The molecule has 1 aliphatic heterocycles. The van der Waals surface area contributed by atoms with Crippen molar-refractivity contribution in [2.75, 3.05) is 37.8 Å². The van der Waals surface area contributed by atoms with Crippen LogP contribution in [0.5, 0.6) is 0 Å². The Balaban J connectivity index is 1.80. The minimum absolute atomic E-state index is 0.108. The fourth-order valence-electron chi connectivity index (χ4n) is 2.61. The molecule has 1 aromatic heterocycles. The summed E-state index contributed by atoms with van der Waals surface area (Å²) in [6, 6.07) is 4.56. The normalized spacial score (nSPS) is 14.6. The third-order valence-corrected chi connectivity index (χ3v) is 3.88. The number of rotatable bonds is 5. The largest absolute Gasteiger partial charge is 0.387 e. The Morgan fingerprint density at radius 3 is 2.76 bits per heavy atom. The van der Waals surface area contributed by atoms with E-state index in [0.717, 1.165) is 4.74 Å². The van der Waals surface area contributed by atoms with E-state index in [-0.39, 0.29) is 12.2 Å². The first-order valence-corrected chi connectivity index (χ1v) is 7.79. The van der Waals surface area contributed by atoms with Gasteiger partial charge in [0.25, 0.3) is 0 Å². The van der Waals surface area contributed by atoms with Gasteiger partial charge in [-0.25, -0.2) is 9.18 Å². The van der Waals surface area contributed by atoms with Crippen molar-refractivity contribution in [2.45, 2.75) is 6.67 Å². The lowest BCUT2D eigenvalue weighted by molar-refractivity contribution is -0.124. The molecule has 2 N–H and O–H groups in total. The van der Waals surface area contributed by atoms with Crippen molar-refractivity contribution in [3.05, 3.63) is 40.6 Å². The van der Waals surface area contributed by atoms with Gasteiger partial charge in [0.1, 0.15) is 19.1 Å². The summed E-state index contributed by atoms with van der Waals surface area (Å²) in [4.78, 5) is 24.9. The van der Waals surface area contributed by atoms with Gasteiger partial charge in [0, 0.05) is 13.1 Å². The highest BCUT2D eigenvalue weighted by atomic mass is 19.1. The van der Waals surface area contributed by atoms with E-state index >= 15 is 0 Å². The molecule has 3 rings (SSSR count). The molecule has 0 spiro atoms. The molecule has 0 aliphatic carbocycles. The van der Waals surface area contributed by atoms with Crippen molar-refractivity contribution < 1.29 is 23.6 Å². The number of aliphatic hydroxyl groups excluding tert-OH is 1. The third kappa shape index (κ3) is 3.89. The lowest BCUT2D eigenvalue weighted by Gasteiger charge is -2.29. The summed E-state index contributed by atoms with van der Waals surface area (Å²) in [5.74, 6) is -1.03. The molecule has 1 aromatic carbocycles. The number of morpholine rings is 1. The minimum Gasteiger partial charge on any atom is -0.387 e. The van der Waals surface area contributed by atoms with E-state index < -0.39 is 24.0 Å². The van der Waals surface area contributed by atoms with E-state index in [1.54, 1.807) is 12.1 Å². The van der Waals surface area contributed by atoms with Crippen LogP contribution in [0.15, 0.2) is 33.7 Å². The summed E-state index contributed by atoms with van der Waals surface area (Å²) in [5, 5.41) is 11.0. The number of aliphatic hydroxyl groups is 1. The monoisotopic (exact) mass is 351 g/mol. The summed E-state index contributed by atoms with van der Waals surface area (Å²) >= 11 is 0. The number of hydrogen-bond donors (Lipinski definition) is 2. The van der Waals surface area contributed by atoms with E-state index in [2.05, 4.69) is 5.32 Å². The maximum atomic E-state index is 14.5. The smallest absolute Gasteiger partial charge is 0.365 e. The molecule has 134 valence electrons. The summed E-state index contributed by atoms with van der Waals surface area (Å²) < 4.78 is 25.8. The maximum absolute atomic E-state index is 14.5. The van der Waals surface area contributed by atoms with Crippen LogP contribution >= 0.6 is 0 Å². The zero-order valence-corrected chi connectivity index (χ0v) is 13.4. The lowest BCUT2D eigenvalue weighted by atomic mass is 10.1. The molecular weight excluding hydrogens is 333 g/mol. The minimum atomic E-state index is -0.660. The molecule has 1 saturated heterocycles. The van der Waals surface area contributed by atoms with E-state index in [1.807, 2.05) is 4.90 Å². The van der Waals surface area contributed by atoms with Crippen LogP contribution in [0.25, 0.3) is 11.1 Å². The summed E-state index contributed by atoms with van der Waals surface area (Å²) in [6.45, 7) is 1.55. The SMILES string of the molecule is O=C(CO)NCn1cc(-c2ccc(N3CCOCC3)c(F)c2)c(=O)o1. The van der Waals surface area contributed by atoms with Crippen LogP contribution in [0.3, 0.4) is 0 Å². The second-order valence-corrected chi connectivity index (χ2v) is 5.52. The summed E-state index contributed by atoms with van der Waals surface area (Å²) in [6.07, 6.45) is 1.38. The topological polar surface area (TPSA) is 96.9 Å². The highest BCUT2D eigenvalue weighted by molar-refractivity contribution is 5.76. The van der Waals surface area contributed by atoms with Crippen molar-refractivity contribution in [1.82, 2.24) is 10.1 Å². The lowest BCUT2D eigenvalue weighted by Crippen LogP contribution is -2.36. The number of anilines is 1. The van der Waals surface area contributed by atoms with Crippen LogP contribution in [0.1, 0.15) is 0 Å². The predicted octanol–water partition coefficient (Wildman–Crippen LogP) is 0.150. The van der Waals surface area contributed by atoms with Crippen molar-refractivity contribution >= 4 is 11.6 Å². The van der Waals surface area contributed by atoms with Crippen molar-refractivity contribution in [3.63, 3.8) is 0 Å². The highest BCUT2D eigenvalue weighted by Crippen LogP contribution is 2.25. The predicted molar refractivity (Wildman–Crippen MR) is 86.6 cm³/mol. The number of ether oxygens (including phenoxy) is 1. The molecule has 8 nitrogen and oxygen atoms in total. The Labute approximate surface area is 142 Å². The quantitative estimate of drug-likeness (QED) is 0.796. The number of hydrogen-bond acceptors (Lipinski definition) is 6. The summed E-state index contributed by atoms with van der Waals surface area (Å²) in [5.41, 5.74) is 0.393. The van der Waals surface area contributed by atoms with Crippen molar-refractivity contribution in [2.24, 2.45) is 0 Å². The zero-order valence-electron chi connectivity index (χ0n) is 13.4. The van der Waals surface area contributed by atoms with Gasteiger partial charge >= 0.3 is 5.63 Å². The van der Waals surface area contributed by atoms with Gasteiger partial charge in [-0.15, -0.1) is 0 Å². The van der Waals surface area contributed by atoms with Crippen molar-refractivity contribution in [3.8, 4) is 11.1 Å². The number of carbonyl (C=O) groups is 1. The van der Waals surface area contributed by atoms with E-state index in [9.17, 15) is 14.0 Å². The molecule has 0 bridgehead atoms. The van der Waals surface area contributed by atoms with Crippen molar-refractivity contribution in [1.29, 1.82) is 0 Å².